The Labute approximate surface area is 202 Å². The number of ether oxygens (including phenoxy) is 2. The van der Waals surface area contributed by atoms with E-state index in [1.165, 1.54) is 35.6 Å². The van der Waals surface area contributed by atoms with E-state index in [9.17, 15) is 22.0 Å². The third-order valence-corrected chi connectivity index (χ3v) is 8.35. The second-order valence-electron chi connectivity index (χ2n) is 8.98. The van der Waals surface area contributed by atoms with Crippen LogP contribution in [0.4, 0.5) is 20.4 Å². The first-order valence-corrected chi connectivity index (χ1v) is 12.8. The number of rotatable bonds is 9. The molecule has 0 radical (unpaired) electrons. The summed E-state index contributed by atoms with van der Waals surface area (Å²) in [7, 11) is -3.16. The minimum atomic E-state index is -3.16. The monoisotopic (exact) mass is 511 g/mol. The van der Waals surface area contributed by atoms with Gasteiger partial charge in [-0.3, -0.25) is 4.79 Å². The predicted molar refractivity (Wildman–Crippen MR) is 124 cm³/mol. The van der Waals surface area contributed by atoms with Crippen LogP contribution in [0.3, 0.4) is 0 Å². The second kappa shape index (κ2) is 9.51. The summed E-state index contributed by atoms with van der Waals surface area (Å²) in [5.41, 5.74) is 0.513. The summed E-state index contributed by atoms with van der Waals surface area (Å²) in [6, 6.07) is 2.90. The van der Waals surface area contributed by atoms with Gasteiger partial charge in [0.25, 0.3) is 11.8 Å². The van der Waals surface area contributed by atoms with Crippen molar-refractivity contribution in [2.24, 2.45) is 0 Å². The molecule has 4 rings (SSSR count). The number of hydrogen-bond acceptors (Lipinski definition) is 9. The van der Waals surface area contributed by atoms with E-state index >= 15 is 0 Å². The average molecular weight is 512 g/mol. The number of anilines is 2. The molecule has 1 atom stereocenters. The predicted octanol–water partition coefficient (Wildman–Crippen LogP) is 2.10. The lowest BCUT2D eigenvalue weighted by molar-refractivity contribution is -0.122. The third kappa shape index (κ3) is 5.60. The van der Waals surface area contributed by atoms with E-state index in [2.05, 4.69) is 15.0 Å². The van der Waals surface area contributed by atoms with Crippen LogP contribution in [0.2, 0.25) is 0 Å². The van der Waals surface area contributed by atoms with Crippen molar-refractivity contribution in [1.29, 1.82) is 0 Å². The summed E-state index contributed by atoms with van der Waals surface area (Å²) in [5, 5.41) is -0.850. The summed E-state index contributed by atoms with van der Waals surface area (Å²) in [4.78, 5) is 28.7. The van der Waals surface area contributed by atoms with Gasteiger partial charge in [0, 0.05) is 39.0 Å². The molecule has 35 heavy (non-hydrogen) atoms. The van der Waals surface area contributed by atoms with Crippen LogP contribution in [0, 0.1) is 0 Å². The van der Waals surface area contributed by atoms with Crippen LogP contribution in [0.5, 0.6) is 11.6 Å². The first-order valence-electron chi connectivity index (χ1n) is 11.2. The Morgan fingerprint density at radius 2 is 1.83 bits per heavy atom. The Morgan fingerprint density at radius 3 is 2.40 bits per heavy atom. The molecule has 0 spiro atoms. The number of alkyl halides is 2. The summed E-state index contributed by atoms with van der Waals surface area (Å²) >= 11 is 0. The molecule has 0 unspecified atom stereocenters. The highest BCUT2D eigenvalue weighted by molar-refractivity contribution is 7.92. The van der Waals surface area contributed by atoms with Crippen LogP contribution >= 0.6 is 0 Å². The molecule has 2 aliphatic heterocycles. The van der Waals surface area contributed by atoms with E-state index in [-0.39, 0.29) is 11.8 Å². The van der Waals surface area contributed by atoms with Gasteiger partial charge in [0.15, 0.2) is 22.5 Å². The van der Waals surface area contributed by atoms with E-state index in [1.54, 1.807) is 18.7 Å². The highest BCUT2D eigenvalue weighted by atomic mass is 32.2. The molecular weight excluding hydrogens is 484 g/mol. The molecule has 2 saturated heterocycles. The van der Waals surface area contributed by atoms with Crippen LogP contribution in [0.15, 0.2) is 30.7 Å². The van der Waals surface area contributed by atoms with E-state index in [4.69, 9.17) is 9.47 Å². The maximum atomic E-state index is 12.9. The lowest BCUT2D eigenvalue weighted by atomic mass is 10.2. The van der Waals surface area contributed by atoms with Crippen molar-refractivity contribution in [2.75, 3.05) is 36.0 Å². The van der Waals surface area contributed by atoms with Crippen molar-refractivity contribution >= 4 is 27.4 Å². The van der Waals surface area contributed by atoms with Crippen LogP contribution in [-0.4, -0.2) is 78.0 Å². The van der Waals surface area contributed by atoms with Gasteiger partial charge in [-0.1, -0.05) is 0 Å². The fourth-order valence-corrected chi connectivity index (χ4v) is 5.26. The SMILES string of the molecule is CC(C)S(=O)(=O)C1CN(c2ncc(N3CC[C@@H](Oc4ccc(OCC(C)(F)F)nc4)C3=O)cn2)C1. The molecule has 190 valence electrons. The number of hydrogen-bond donors (Lipinski definition) is 0. The van der Waals surface area contributed by atoms with Gasteiger partial charge >= 0.3 is 0 Å². The maximum absolute atomic E-state index is 12.9. The Morgan fingerprint density at radius 1 is 1.14 bits per heavy atom. The molecular formula is C22H27F2N5O5S. The Balaban J connectivity index is 1.31. The van der Waals surface area contributed by atoms with Crippen molar-refractivity contribution in [3.63, 3.8) is 0 Å². The van der Waals surface area contributed by atoms with Crippen molar-refractivity contribution in [1.82, 2.24) is 15.0 Å². The van der Waals surface area contributed by atoms with Gasteiger partial charge in [-0.05, 0) is 19.9 Å². The van der Waals surface area contributed by atoms with E-state index in [0.717, 1.165) is 6.92 Å². The quantitative estimate of drug-likeness (QED) is 0.499. The number of aromatic nitrogens is 3. The molecule has 10 nitrogen and oxygen atoms in total. The molecule has 2 fully saturated rings. The van der Waals surface area contributed by atoms with Crippen LogP contribution in [0.1, 0.15) is 27.2 Å². The van der Waals surface area contributed by atoms with Crippen molar-refractivity contribution in [3.8, 4) is 11.6 Å². The first-order chi connectivity index (χ1) is 16.4. The van der Waals surface area contributed by atoms with Gasteiger partial charge in [0.2, 0.25) is 11.8 Å². The number of halogens is 2. The molecule has 0 aromatic carbocycles. The first kappa shape index (κ1) is 25.0. The minimum absolute atomic E-state index is 0.0332. The van der Waals surface area contributed by atoms with Gasteiger partial charge in [-0.15, -0.1) is 0 Å². The fourth-order valence-electron chi connectivity index (χ4n) is 3.72. The van der Waals surface area contributed by atoms with Gasteiger partial charge in [0.1, 0.15) is 5.75 Å². The van der Waals surface area contributed by atoms with Crippen molar-refractivity contribution in [2.45, 2.75) is 49.7 Å². The van der Waals surface area contributed by atoms with Gasteiger partial charge in [-0.25, -0.2) is 32.2 Å². The number of sulfone groups is 1. The minimum Gasteiger partial charge on any atom is -0.479 e. The fraction of sp³-hybridized carbons (Fsp3) is 0.545. The Bertz CT molecular complexity index is 1150. The van der Waals surface area contributed by atoms with Crippen molar-refractivity contribution in [3.05, 3.63) is 30.7 Å². The highest BCUT2D eigenvalue weighted by Crippen LogP contribution is 2.27. The van der Waals surface area contributed by atoms with Crippen LogP contribution in [-0.2, 0) is 14.6 Å². The van der Waals surface area contributed by atoms with Gasteiger partial charge in [0.05, 0.1) is 34.8 Å². The summed E-state index contributed by atoms with van der Waals surface area (Å²) in [6.07, 6.45) is 4.08. The smallest absolute Gasteiger partial charge is 0.278 e. The van der Waals surface area contributed by atoms with Crippen LogP contribution < -0.4 is 19.3 Å². The number of nitrogens with zero attached hydrogens (tertiary/aromatic N) is 5. The van der Waals surface area contributed by atoms with Crippen molar-refractivity contribution < 1.29 is 31.5 Å². The number of carbonyl (C=O) groups excluding carboxylic acids is 1. The van der Waals surface area contributed by atoms with E-state index in [1.807, 2.05) is 0 Å². The lowest BCUT2D eigenvalue weighted by Gasteiger charge is -2.39. The van der Waals surface area contributed by atoms with Crippen LogP contribution in [0.25, 0.3) is 0 Å². The topological polar surface area (TPSA) is 115 Å². The molecule has 2 aromatic rings. The largest absolute Gasteiger partial charge is 0.479 e. The third-order valence-electron chi connectivity index (χ3n) is 5.81. The highest BCUT2D eigenvalue weighted by Gasteiger charge is 2.40. The Kier molecular flexibility index (Phi) is 6.80. The molecule has 0 saturated carbocycles. The molecule has 0 N–H and O–H groups in total. The zero-order valence-electron chi connectivity index (χ0n) is 19.6. The molecule has 1 amide bonds. The zero-order valence-corrected chi connectivity index (χ0v) is 20.4. The molecule has 4 heterocycles. The van der Waals surface area contributed by atoms with Gasteiger partial charge < -0.3 is 19.3 Å². The van der Waals surface area contributed by atoms with E-state index in [0.29, 0.717) is 43.4 Å². The number of carbonyl (C=O) groups is 1. The average Bonchev–Trinajstić information content (AvgIpc) is 3.12. The zero-order chi connectivity index (χ0) is 25.4. The normalized spacial score (nSPS) is 19.3. The van der Waals surface area contributed by atoms with Gasteiger partial charge in [-0.2, -0.15) is 0 Å². The lowest BCUT2D eigenvalue weighted by Crippen LogP contribution is -2.56. The molecule has 0 bridgehead atoms. The second-order valence-corrected chi connectivity index (χ2v) is 11.8. The van der Waals surface area contributed by atoms with E-state index < -0.39 is 39.0 Å². The molecule has 13 heteroatoms. The maximum Gasteiger partial charge on any atom is 0.278 e. The standard InChI is InChI=1S/C22H27F2N5O5S/c1-14(2)35(31,32)17-11-28(12-17)21-26-8-15(9-27-21)29-7-6-18(20(29)30)34-16-4-5-19(25-10-16)33-13-22(3,23)24/h4-5,8-10,14,17-18H,6-7,11-13H2,1-3H3/t18-/m1/s1. The molecule has 2 aliphatic rings. The molecule has 2 aromatic heterocycles. The number of amides is 1. The summed E-state index contributed by atoms with van der Waals surface area (Å²) in [6.45, 7) is 4.40. The summed E-state index contributed by atoms with van der Waals surface area (Å²) < 4.78 is 60.9. The number of pyridine rings is 1. The molecule has 0 aliphatic carbocycles. The summed E-state index contributed by atoms with van der Waals surface area (Å²) in [5.74, 6) is -2.47. The Hall–Kier alpha value is -3.09.